The molecule has 0 radical (unpaired) electrons. The fourth-order valence-corrected chi connectivity index (χ4v) is 3.55. The lowest BCUT2D eigenvalue weighted by atomic mass is 9.92. The lowest BCUT2D eigenvalue weighted by Gasteiger charge is -2.44. The monoisotopic (exact) mass is 269 g/mol. The van der Waals surface area contributed by atoms with Gasteiger partial charge in [-0.2, -0.15) is 0 Å². The SMILES string of the molecule is CCNC(CO)(CN1CCN(C)C(CC)C1)C1CC1. The first-order valence-electron chi connectivity index (χ1n) is 7.93. The average molecular weight is 269 g/mol. The molecule has 0 spiro atoms. The predicted octanol–water partition coefficient (Wildman–Crippen LogP) is 0.763. The van der Waals surface area contributed by atoms with E-state index in [1.54, 1.807) is 0 Å². The molecule has 1 saturated carbocycles. The molecule has 0 aromatic carbocycles. The van der Waals surface area contributed by atoms with Crippen molar-refractivity contribution in [3.63, 3.8) is 0 Å². The van der Waals surface area contributed by atoms with E-state index < -0.39 is 0 Å². The molecule has 0 amide bonds. The van der Waals surface area contributed by atoms with Crippen molar-refractivity contribution in [1.82, 2.24) is 15.1 Å². The highest BCUT2D eigenvalue weighted by atomic mass is 16.3. The first-order valence-corrected chi connectivity index (χ1v) is 7.93. The maximum Gasteiger partial charge on any atom is 0.0628 e. The molecule has 2 aliphatic rings. The Morgan fingerprint density at radius 1 is 1.26 bits per heavy atom. The van der Waals surface area contributed by atoms with Crippen molar-refractivity contribution in [1.29, 1.82) is 0 Å². The Hall–Kier alpha value is -0.160. The zero-order valence-corrected chi connectivity index (χ0v) is 12.9. The second-order valence-corrected chi connectivity index (χ2v) is 6.40. The van der Waals surface area contributed by atoms with Gasteiger partial charge in [-0.25, -0.2) is 0 Å². The van der Waals surface area contributed by atoms with E-state index in [2.05, 4.69) is 36.0 Å². The van der Waals surface area contributed by atoms with Gasteiger partial charge in [0.1, 0.15) is 0 Å². The summed E-state index contributed by atoms with van der Waals surface area (Å²) < 4.78 is 0. The normalized spacial score (nSPS) is 29.4. The highest BCUT2D eigenvalue weighted by Gasteiger charge is 2.45. The van der Waals surface area contributed by atoms with Crippen LogP contribution in [0.25, 0.3) is 0 Å². The van der Waals surface area contributed by atoms with Gasteiger partial charge in [-0.05, 0) is 38.8 Å². The van der Waals surface area contributed by atoms with E-state index in [-0.39, 0.29) is 12.1 Å². The van der Waals surface area contributed by atoms with Crippen molar-refractivity contribution in [3.8, 4) is 0 Å². The Bertz CT molecular complexity index is 283. The summed E-state index contributed by atoms with van der Waals surface area (Å²) in [5, 5.41) is 13.5. The molecule has 1 aliphatic carbocycles. The molecule has 2 rings (SSSR count). The highest BCUT2D eigenvalue weighted by molar-refractivity contribution is 5.03. The minimum Gasteiger partial charge on any atom is -0.394 e. The van der Waals surface area contributed by atoms with Crippen LogP contribution in [0.4, 0.5) is 0 Å². The molecule has 4 nitrogen and oxygen atoms in total. The molecule has 0 aromatic rings. The predicted molar refractivity (Wildman–Crippen MR) is 79.4 cm³/mol. The Morgan fingerprint density at radius 2 is 2.00 bits per heavy atom. The Morgan fingerprint density at radius 3 is 2.53 bits per heavy atom. The van der Waals surface area contributed by atoms with Crippen LogP contribution in [0.1, 0.15) is 33.1 Å². The summed E-state index contributed by atoms with van der Waals surface area (Å²) in [5.74, 6) is 0.678. The van der Waals surface area contributed by atoms with Crippen molar-refractivity contribution < 1.29 is 5.11 Å². The second kappa shape index (κ2) is 6.53. The van der Waals surface area contributed by atoms with E-state index in [4.69, 9.17) is 0 Å². The number of rotatable bonds is 7. The molecule has 1 heterocycles. The van der Waals surface area contributed by atoms with Crippen molar-refractivity contribution in [2.75, 3.05) is 46.4 Å². The molecular weight excluding hydrogens is 238 g/mol. The number of nitrogens with zero attached hydrogens (tertiary/aromatic N) is 2. The standard InChI is InChI=1S/C15H31N3O/c1-4-14-10-18(9-8-17(14)3)11-15(12-19,16-5-2)13-6-7-13/h13-14,16,19H,4-12H2,1-3H3. The van der Waals surface area contributed by atoms with Gasteiger partial charge < -0.3 is 15.3 Å². The minimum absolute atomic E-state index is 0.0526. The quantitative estimate of drug-likeness (QED) is 0.716. The summed E-state index contributed by atoms with van der Waals surface area (Å²) in [6, 6.07) is 0.672. The van der Waals surface area contributed by atoms with Crippen LogP contribution in [0.3, 0.4) is 0 Å². The summed E-state index contributed by atoms with van der Waals surface area (Å²) >= 11 is 0. The molecule has 19 heavy (non-hydrogen) atoms. The number of piperazine rings is 1. The van der Waals surface area contributed by atoms with Crippen molar-refractivity contribution in [2.45, 2.75) is 44.7 Å². The molecule has 1 saturated heterocycles. The zero-order valence-electron chi connectivity index (χ0n) is 12.9. The third-order valence-corrected chi connectivity index (χ3v) is 5.01. The summed E-state index contributed by atoms with van der Waals surface area (Å²) in [7, 11) is 2.23. The van der Waals surface area contributed by atoms with Gasteiger partial charge in [0.05, 0.1) is 12.1 Å². The van der Waals surface area contributed by atoms with E-state index >= 15 is 0 Å². The minimum atomic E-state index is -0.0526. The molecular formula is C15H31N3O. The average Bonchev–Trinajstić information content (AvgIpc) is 3.25. The Balaban J connectivity index is 1.97. The van der Waals surface area contributed by atoms with E-state index in [0.29, 0.717) is 12.0 Å². The fourth-order valence-electron chi connectivity index (χ4n) is 3.55. The van der Waals surface area contributed by atoms with E-state index in [1.165, 1.54) is 19.3 Å². The lowest BCUT2D eigenvalue weighted by molar-refractivity contribution is 0.0419. The van der Waals surface area contributed by atoms with Gasteiger partial charge in [-0.1, -0.05) is 13.8 Å². The van der Waals surface area contributed by atoms with Crippen LogP contribution in [-0.2, 0) is 0 Å². The number of aliphatic hydroxyl groups excluding tert-OH is 1. The molecule has 2 unspecified atom stereocenters. The van der Waals surface area contributed by atoms with Crippen LogP contribution in [0, 0.1) is 5.92 Å². The van der Waals surface area contributed by atoms with Crippen molar-refractivity contribution in [3.05, 3.63) is 0 Å². The Kier molecular flexibility index (Phi) is 5.23. The Labute approximate surface area is 118 Å². The van der Waals surface area contributed by atoms with Crippen molar-refractivity contribution in [2.24, 2.45) is 5.92 Å². The van der Waals surface area contributed by atoms with Gasteiger partial charge in [0.25, 0.3) is 0 Å². The van der Waals surface area contributed by atoms with Gasteiger partial charge in [-0.15, -0.1) is 0 Å². The van der Waals surface area contributed by atoms with Crippen LogP contribution in [0.5, 0.6) is 0 Å². The third kappa shape index (κ3) is 3.48. The topological polar surface area (TPSA) is 38.7 Å². The summed E-state index contributed by atoms with van der Waals surface area (Å²) in [5.41, 5.74) is -0.0526. The molecule has 2 N–H and O–H groups in total. The molecule has 0 bridgehead atoms. The van der Waals surface area contributed by atoms with Crippen molar-refractivity contribution >= 4 is 0 Å². The largest absolute Gasteiger partial charge is 0.394 e. The first kappa shape index (κ1) is 15.2. The van der Waals surface area contributed by atoms with E-state index in [1.807, 2.05) is 0 Å². The summed E-state index contributed by atoms with van der Waals surface area (Å²) in [6.45, 7) is 10.1. The molecule has 112 valence electrons. The maximum atomic E-state index is 9.92. The van der Waals surface area contributed by atoms with Gasteiger partial charge in [0.15, 0.2) is 0 Å². The maximum absolute atomic E-state index is 9.92. The van der Waals surface area contributed by atoms with Crippen LogP contribution in [0.2, 0.25) is 0 Å². The van der Waals surface area contributed by atoms with E-state index in [9.17, 15) is 5.11 Å². The first-order chi connectivity index (χ1) is 9.15. The van der Waals surface area contributed by atoms with Gasteiger partial charge >= 0.3 is 0 Å². The smallest absolute Gasteiger partial charge is 0.0628 e. The van der Waals surface area contributed by atoms with Gasteiger partial charge in [-0.3, -0.25) is 4.90 Å². The number of likely N-dealkylation sites (N-methyl/N-ethyl adjacent to an activating group) is 2. The fraction of sp³-hybridized carbons (Fsp3) is 1.00. The van der Waals surface area contributed by atoms with E-state index in [0.717, 1.165) is 32.7 Å². The third-order valence-electron chi connectivity index (χ3n) is 5.01. The molecule has 0 aromatic heterocycles. The number of nitrogens with one attached hydrogen (secondary N) is 1. The van der Waals surface area contributed by atoms with Gasteiger partial charge in [0.2, 0.25) is 0 Å². The van der Waals surface area contributed by atoms with Crippen LogP contribution in [-0.4, -0.2) is 72.9 Å². The molecule has 2 fully saturated rings. The number of aliphatic hydroxyl groups is 1. The zero-order chi connectivity index (χ0) is 13.9. The molecule has 2 atom stereocenters. The highest BCUT2D eigenvalue weighted by Crippen LogP contribution is 2.40. The van der Waals surface area contributed by atoms with Crippen LogP contribution in [0.15, 0.2) is 0 Å². The summed E-state index contributed by atoms with van der Waals surface area (Å²) in [6.07, 6.45) is 3.76. The van der Waals surface area contributed by atoms with Crippen LogP contribution < -0.4 is 5.32 Å². The number of hydrogen-bond acceptors (Lipinski definition) is 4. The van der Waals surface area contributed by atoms with Gasteiger partial charge in [0, 0.05) is 32.2 Å². The number of hydrogen-bond donors (Lipinski definition) is 2. The molecule has 1 aliphatic heterocycles. The molecule has 4 heteroatoms. The second-order valence-electron chi connectivity index (χ2n) is 6.40. The lowest BCUT2D eigenvalue weighted by Crippen LogP contribution is -2.61. The van der Waals surface area contributed by atoms with Crippen LogP contribution >= 0.6 is 0 Å². The summed E-state index contributed by atoms with van der Waals surface area (Å²) in [4.78, 5) is 5.03.